The highest BCUT2D eigenvalue weighted by Gasteiger charge is 2.38. The summed E-state index contributed by atoms with van der Waals surface area (Å²) >= 11 is 1.43. The number of benzene rings is 3. The molecule has 0 bridgehead atoms. The number of hydrogen-bond donors (Lipinski definition) is 2. The molecule has 1 aromatic heterocycles. The smallest absolute Gasteiger partial charge is 0.240 e. The van der Waals surface area contributed by atoms with Crippen LogP contribution in [0.25, 0.3) is 11.4 Å². The van der Waals surface area contributed by atoms with Crippen LogP contribution in [0.3, 0.4) is 0 Å². The summed E-state index contributed by atoms with van der Waals surface area (Å²) in [6, 6.07) is 25.7. The maximum atomic E-state index is 13.5. The molecule has 2 heterocycles. The summed E-state index contributed by atoms with van der Waals surface area (Å²) < 4.78 is 1.89. The highest BCUT2D eigenvalue weighted by molar-refractivity contribution is 8.00. The third kappa shape index (κ3) is 3.76. The quantitative estimate of drug-likeness (QED) is 0.468. The van der Waals surface area contributed by atoms with E-state index in [2.05, 4.69) is 20.9 Å². The minimum atomic E-state index is -0.420. The first-order valence-electron chi connectivity index (χ1n) is 10.5. The van der Waals surface area contributed by atoms with Gasteiger partial charge in [0.15, 0.2) is 5.82 Å². The Bertz CT molecular complexity index is 1240. The average Bonchev–Trinajstić information content (AvgIpc) is 3.25. The van der Waals surface area contributed by atoms with Gasteiger partial charge < -0.3 is 10.7 Å². The molecule has 0 radical (unpaired) electrons. The van der Waals surface area contributed by atoms with Crippen molar-refractivity contribution in [3.05, 3.63) is 95.6 Å². The van der Waals surface area contributed by atoms with Crippen LogP contribution in [0.4, 0.5) is 5.69 Å². The van der Waals surface area contributed by atoms with Crippen LogP contribution < -0.4 is 10.7 Å². The number of amides is 1. The van der Waals surface area contributed by atoms with Crippen molar-refractivity contribution in [2.45, 2.75) is 30.3 Å². The zero-order valence-corrected chi connectivity index (χ0v) is 18.6. The maximum Gasteiger partial charge on any atom is 0.240 e. The minimum Gasteiger partial charge on any atom is -0.325 e. The van der Waals surface area contributed by atoms with Gasteiger partial charge in [-0.05, 0) is 30.5 Å². The van der Waals surface area contributed by atoms with Crippen molar-refractivity contribution in [1.82, 2.24) is 14.9 Å². The van der Waals surface area contributed by atoms with Crippen LogP contribution in [0.2, 0.25) is 0 Å². The number of thioether (sulfide) groups is 1. The lowest BCUT2D eigenvalue weighted by atomic mass is 10.0. The molecule has 6 nitrogen and oxygen atoms in total. The van der Waals surface area contributed by atoms with E-state index in [9.17, 15) is 4.79 Å². The number of fused-ring (bicyclic) bond motifs is 1. The molecule has 0 saturated carbocycles. The number of para-hydroxylation sites is 1. The van der Waals surface area contributed by atoms with Gasteiger partial charge in [0.05, 0.1) is 6.04 Å². The Morgan fingerprint density at radius 3 is 2.25 bits per heavy atom. The second-order valence-corrected chi connectivity index (χ2v) is 8.93. The van der Waals surface area contributed by atoms with E-state index in [1.165, 1.54) is 11.8 Å². The third-order valence-corrected chi connectivity index (χ3v) is 6.83. The van der Waals surface area contributed by atoms with Gasteiger partial charge in [-0.2, -0.15) is 0 Å². The number of aromatic nitrogens is 3. The van der Waals surface area contributed by atoms with Gasteiger partial charge in [-0.3, -0.25) is 4.79 Å². The summed E-state index contributed by atoms with van der Waals surface area (Å²) in [5.41, 5.74) is 8.45. The van der Waals surface area contributed by atoms with E-state index in [0.29, 0.717) is 5.16 Å². The largest absolute Gasteiger partial charge is 0.325 e. The van der Waals surface area contributed by atoms with Crippen LogP contribution in [-0.4, -0.2) is 26.0 Å². The molecule has 0 spiro atoms. The van der Waals surface area contributed by atoms with Gasteiger partial charge in [0.25, 0.3) is 0 Å². The number of nitrogens with one attached hydrogen (secondary N) is 2. The van der Waals surface area contributed by atoms with Gasteiger partial charge in [-0.15, -0.1) is 10.2 Å². The molecule has 7 heteroatoms. The Kier molecular flexibility index (Phi) is 5.41. The van der Waals surface area contributed by atoms with Crippen LogP contribution in [0.1, 0.15) is 22.7 Å². The van der Waals surface area contributed by atoms with Gasteiger partial charge in [-0.25, -0.2) is 4.68 Å². The number of anilines is 1. The highest BCUT2D eigenvalue weighted by atomic mass is 32.2. The lowest BCUT2D eigenvalue weighted by molar-refractivity contribution is -0.116. The SMILES string of the molecule is Cc1cccc(C)c1NC(=O)[C@H]1Sc2nnc(-c3ccccc3)n2N[C@H]1c1ccccc1. The fourth-order valence-electron chi connectivity index (χ4n) is 3.95. The lowest BCUT2D eigenvalue weighted by Crippen LogP contribution is -2.41. The van der Waals surface area contributed by atoms with Crippen LogP contribution in [0, 0.1) is 13.8 Å². The van der Waals surface area contributed by atoms with E-state index in [1.54, 1.807) is 0 Å². The first kappa shape index (κ1) is 20.3. The molecule has 0 saturated heterocycles. The van der Waals surface area contributed by atoms with Gasteiger partial charge in [0.1, 0.15) is 5.25 Å². The van der Waals surface area contributed by atoms with E-state index >= 15 is 0 Å². The Labute approximate surface area is 191 Å². The van der Waals surface area contributed by atoms with E-state index in [0.717, 1.165) is 33.8 Å². The van der Waals surface area contributed by atoms with Crippen LogP contribution in [-0.2, 0) is 4.79 Å². The number of carbonyl (C=O) groups is 1. The van der Waals surface area contributed by atoms with E-state index in [1.807, 2.05) is 97.4 Å². The molecule has 1 aliphatic heterocycles. The molecule has 1 amide bonds. The number of rotatable bonds is 4. The van der Waals surface area contributed by atoms with Crippen molar-refractivity contribution in [1.29, 1.82) is 0 Å². The molecule has 1 aliphatic rings. The molecule has 5 rings (SSSR count). The summed E-state index contributed by atoms with van der Waals surface area (Å²) in [6.07, 6.45) is 0. The zero-order valence-electron chi connectivity index (χ0n) is 17.8. The molecule has 0 fully saturated rings. The first-order chi connectivity index (χ1) is 15.6. The Hall–Kier alpha value is -3.58. The molecule has 2 atom stereocenters. The average molecular weight is 442 g/mol. The van der Waals surface area contributed by atoms with Gasteiger partial charge in [0.2, 0.25) is 11.1 Å². The molecule has 160 valence electrons. The summed E-state index contributed by atoms with van der Waals surface area (Å²) in [5, 5.41) is 12.2. The maximum absolute atomic E-state index is 13.5. The van der Waals surface area contributed by atoms with Crippen LogP contribution >= 0.6 is 11.8 Å². The van der Waals surface area contributed by atoms with E-state index in [-0.39, 0.29) is 11.9 Å². The summed E-state index contributed by atoms with van der Waals surface area (Å²) in [6.45, 7) is 4.01. The van der Waals surface area contributed by atoms with E-state index < -0.39 is 5.25 Å². The van der Waals surface area contributed by atoms with Crippen molar-refractivity contribution < 1.29 is 4.79 Å². The minimum absolute atomic E-state index is 0.0655. The standard InChI is InChI=1S/C25H23N5OS/c1-16-10-9-11-17(2)20(16)26-24(31)22-21(18-12-5-3-6-13-18)29-30-23(27-28-25(30)32-22)19-14-7-4-8-15-19/h3-15,21-22,29H,1-2H3,(H,26,31)/t21-,22-/m0/s1. The summed E-state index contributed by atoms with van der Waals surface area (Å²) in [4.78, 5) is 13.5. The van der Waals surface area contributed by atoms with Crippen molar-refractivity contribution in [3.8, 4) is 11.4 Å². The summed E-state index contributed by atoms with van der Waals surface area (Å²) in [7, 11) is 0. The van der Waals surface area contributed by atoms with Crippen LogP contribution in [0.15, 0.2) is 84.0 Å². The van der Waals surface area contributed by atoms with Crippen LogP contribution in [0.5, 0.6) is 0 Å². The summed E-state index contributed by atoms with van der Waals surface area (Å²) in [5.74, 6) is 0.659. The first-order valence-corrected chi connectivity index (χ1v) is 11.4. The molecule has 0 aliphatic carbocycles. The third-order valence-electron chi connectivity index (χ3n) is 5.62. The fraction of sp³-hybridized carbons (Fsp3) is 0.160. The number of nitrogens with zero attached hydrogens (tertiary/aromatic N) is 3. The van der Waals surface area contributed by atoms with Crippen molar-refractivity contribution in [3.63, 3.8) is 0 Å². The molecular weight excluding hydrogens is 418 g/mol. The van der Waals surface area contributed by atoms with E-state index in [4.69, 9.17) is 0 Å². The van der Waals surface area contributed by atoms with Crippen molar-refractivity contribution >= 4 is 23.4 Å². The molecule has 4 aromatic rings. The topological polar surface area (TPSA) is 71.8 Å². The van der Waals surface area contributed by atoms with Crippen molar-refractivity contribution in [2.24, 2.45) is 0 Å². The predicted molar refractivity (Wildman–Crippen MR) is 128 cm³/mol. The number of hydrogen-bond acceptors (Lipinski definition) is 5. The Balaban J connectivity index is 1.52. The predicted octanol–water partition coefficient (Wildman–Crippen LogP) is 4.96. The second-order valence-electron chi connectivity index (χ2n) is 7.82. The number of carbonyl (C=O) groups excluding carboxylic acids is 1. The van der Waals surface area contributed by atoms with Gasteiger partial charge in [-0.1, -0.05) is 90.6 Å². The molecule has 3 aromatic carbocycles. The monoisotopic (exact) mass is 441 g/mol. The molecule has 32 heavy (non-hydrogen) atoms. The number of aryl methyl sites for hydroxylation is 2. The molecular formula is C25H23N5OS. The van der Waals surface area contributed by atoms with Crippen molar-refractivity contribution in [2.75, 3.05) is 10.7 Å². The molecule has 0 unspecified atom stereocenters. The highest BCUT2D eigenvalue weighted by Crippen LogP contribution is 2.39. The fourth-order valence-corrected chi connectivity index (χ4v) is 5.03. The zero-order chi connectivity index (χ0) is 22.1. The Morgan fingerprint density at radius 2 is 1.56 bits per heavy atom. The second kappa shape index (κ2) is 8.51. The lowest BCUT2D eigenvalue weighted by Gasteiger charge is -2.33. The Morgan fingerprint density at radius 1 is 0.906 bits per heavy atom. The normalized spacial score (nSPS) is 17.3. The van der Waals surface area contributed by atoms with Gasteiger partial charge in [0, 0.05) is 11.3 Å². The molecule has 2 N–H and O–H groups in total. The van der Waals surface area contributed by atoms with Gasteiger partial charge >= 0.3 is 0 Å².